The van der Waals surface area contributed by atoms with E-state index < -0.39 is 12.0 Å². The van der Waals surface area contributed by atoms with Crippen molar-refractivity contribution in [3.8, 4) is 5.75 Å². The molecular formula is C15H23NO3. The molecule has 0 fully saturated rings. The molecule has 1 unspecified atom stereocenters. The van der Waals surface area contributed by atoms with E-state index in [4.69, 9.17) is 15.6 Å². The number of methoxy groups -OCH3 is 1. The molecule has 3 N–H and O–H groups in total. The quantitative estimate of drug-likeness (QED) is 0.856. The van der Waals surface area contributed by atoms with Crippen molar-refractivity contribution >= 4 is 5.97 Å². The third kappa shape index (κ3) is 4.91. The second kappa shape index (κ2) is 6.06. The van der Waals surface area contributed by atoms with Gasteiger partial charge in [0, 0.05) is 6.42 Å². The molecule has 0 bridgehead atoms. The Kier molecular flexibility index (Phi) is 4.95. The first-order valence-electron chi connectivity index (χ1n) is 6.37. The van der Waals surface area contributed by atoms with Crippen molar-refractivity contribution in [3.63, 3.8) is 0 Å². The summed E-state index contributed by atoms with van der Waals surface area (Å²) < 4.78 is 5.26. The molecule has 0 amide bonds. The number of hydrogen-bond acceptors (Lipinski definition) is 3. The fourth-order valence-corrected chi connectivity index (χ4v) is 2.04. The molecule has 1 rings (SSSR count). The van der Waals surface area contributed by atoms with Crippen LogP contribution in [0.3, 0.4) is 0 Å². The van der Waals surface area contributed by atoms with E-state index in [1.54, 1.807) is 7.11 Å². The fourth-order valence-electron chi connectivity index (χ4n) is 2.04. The summed E-state index contributed by atoms with van der Waals surface area (Å²) in [6.45, 7) is 6.50. The van der Waals surface area contributed by atoms with Crippen LogP contribution in [-0.4, -0.2) is 24.2 Å². The van der Waals surface area contributed by atoms with Gasteiger partial charge in [0.25, 0.3) is 0 Å². The zero-order valence-corrected chi connectivity index (χ0v) is 12.1. The van der Waals surface area contributed by atoms with E-state index >= 15 is 0 Å². The molecule has 0 aliphatic heterocycles. The summed E-state index contributed by atoms with van der Waals surface area (Å²) in [5.41, 5.74) is 7.79. The van der Waals surface area contributed by atoms with Gasteiger partial charge in [-0.15, -0.1) is 0 Å². The average molecular weight is 265 g/mol. The molecule has 1 aromatic rings. The predicted octanol–water partition coefficient (Wildman–Crippen LogP) is 2.24. The lowest BCUT2D eigenvalue weighted by atomic mass is 9.87. The Morgan fingerprint density at radius 2 is 2.05 bits per heavy atom. The highest BCUT2D eigenvalue weighted by Gasteiger charge is 2.17. The van der Waals surface area contributed by atoms with Crippen LogP contribution in [-0.2, 0) is 17.6 Å². The van der Waals surface area contributed by atoms with Crippen molar-refractivity contribution in [1.82, 2.24) is 0 Å². The minimum Gasteiger partial charge on any atom is -0.496 e. The van der Waals surface area contributed by atoms with Gasteiger partial charge in [-0.3, -0.25) is 4.79 Å². The van der Waals surface area contributed by atoms with Crippen LogP contribution in [0.4, 0.5) is 0 Å². The highest BCUT2D eigenvalue weighted by Crippen LogP contribution is 2.26. The minimum atomic E-state index is -0.997. The molecule has 1 atom stereocenters. The number of ether oxygens (including phenoxy) is 1. The lowest BCUT2D eigenvalue weighted by Crippen LogP contribution is -2.32. The van der Waals surface area contributed by atoms with E-state index in [0.29, 0.717) is 5.75 Å². The molecule has 4 heteroatoms. The van der Waals surface area contributed by atoms with Crippen LogP contribution in [0.25, 0.3) is 0 Å². The summed E-state index contributed by atoms with van der Waals surface area (Å²) >= 11 is 0. The van der Waals surface area contributed by atoms with Gasteiger partial charge in [-0.05, 0) is 29.0 Å². The van der Waals surface area contributed by atoms with Crippen molar-refractivity contribution in [2.75, 3.05) is 7.11 Å². The Balaban J connectivity index is 2.99. The molecule has 0 aromatic heterocycles. The van der Waals surface area contributed by atoms with E-state index in [0.717, 1.165) is 12.0 Å². The Bertz CT molecular complexity index is 449. The Hall–Kier alpha value is -1.55. The molecule has 1 aromatic carbocycles. The predicted molar refractivity (Wildman–Crippen MR) is 75.5 cm³/mol. The zero-order valence-electron chi connectivity index (χ0n) is 12.1. The lowest BCUT2D eigenvalue weighted by Gasteiger charge is -2.20. The highest BCUT2D eigenvalue weighted by molar-refractivity contribution is 5.73. The molecule has 0 saturated heterocycles. The Morgan fingerprint density at radius 1 is 1.42 bits per heavy atom. The van der Waals surface area contributed by atoms with Crippen LogP contribution in [0, 0.1) is 5.41 Å². The summed E-state index contributed by atoms with van der Waals surface area (Å²) in [6, 6.07) is 4.98. The molecule has 19 heavy (non-hydrogen) atoms. The van der Waals surface area contributed by atoms with Gasteiger partial charge in [0.15, 0.2) is 0 Å². The molecule has 0 heterocycles. The molecule has 0 aliphatic rings. The summed E-state index contributed by atoms with van der Waals surface area (Å²) in [6.07, 6.45) is 1.20. The van der Waals surface area contributed by atoms with Crippen LogP contribution in [0.15, 0.2) is 18.2 Å². The first kappa shape index (κ1) is 15.5. The smallest absolute Gasteiger partial charge is 0.320 e. The monoisotopic (exact) mass is 265 g/mol. The standard InChI is InChI=1S/C15H23NO3/c1-15(2,3)9-10-5-6-13(19-4)11(7-10)8-12(16)14(17)18/h5-7,12H,8-9,16H2,1-4H3,(H,17,18). The van der Waals surface area contributed by atoms with E-state index in [1.165, 1.54) is 5.56 Å². The SMILES string of the molecule is COc1ccc(CC(C)(C)C)cc1CC(N)C(=O)O. The van der Waals surface area contributed by atoms with Crippen molar-refractivity contribution < 1.29 is 14.6 Å². The third-order valence-electron chi connectivity index (χ3n) is 2.84. The molecule has 4 nitrogen and oxygen atoms in total. The van der Waals surface area contributed by atoms with Gasteiger partial charge in [0.05, 0.1) is 7.11 Å². The summed E-state index contributed by atoms with van der Waals surface area (Å²) in [7, 11) is 1.58. The maximum absolute atomic E-state index is 10.9. The van der Waals surface area contributed by atoms with Crippen LogP contribution in [0.2, 0.25) is 0 Å². The number of hydrogen-bond donors (Lipinski definition) is 2. The minimum absolute atomic E-state index is 0.181. The maximum Gasteiger partial charge on any atom is 0.320 e. The van der Waals surface area contributed by atoms with Gasteiger partial charge in [-0.25, -0.2) is 0 Å². The van der Waals surface area contributed by atoms with Gasteiger partial charge in [0.2, 0.25) is 0 Å². The maximum atomic E-state index is 10.9. The number of carboxylic acid groups (broad SMARTS) is 1. The molecular weight excluding hydrogens is 242 g/mol. The van der Waals surface area contributed by atoms with Crippen LogP contribution in [0.5, 0.6) is 5.75 Å². The number of carboxylic acids is 1. The van der Waals surface area contributed by atoms with Gasteiger partial charge in [-0.1, -0.05) is 32.9 Å². The van der Waals surface area contributed by atoms with E-state index in [1.807, 2.05) is 18.2 Å². The second-order valence-corrected chi connectivity index (χ2v) is 6.03. The van der Waals surface area contributed by atoms with Crippen LogP contribution in [0.1, 0.15) is 31.9 Å². The first-order valence-corrected chi connectivity index (χ1v) is 6.37. The Labute approximate surface area is 114 Å². The number of benzene rings is 1. The second-order valence-electron chi connectivity index (χ2n) is 6.03. The van der Waals surface area contributed by atoms with Crippen LogP contribution < -0.4 is 10.5 Å². The normalized spacial score (nSPS) is 13.1. The summed E-state index contributed by atoms with van der Waals surface area (Å²) in [5, 5.41) is 8.90. The van der Waals surface area contributed by atoms with Gasteiger partial charge in [-0.2, -0.15) is 0 Å². The Morgan fingerprint density at radius 3 is 2.53 bits per heavy atom. The van der Waals surface area contributed by atoms with Crippen molar-refractivity contribution in [2.45, 2.75) is 39.7 Å². The topological polar surface area (TPSA) is 72.5 Å². The molecule has 0 radical (unpaired) electrons. The van der Waals surface area contributed by atoms with Gasteiger partial charge >= 0.3 is 5.97 Å². The first-order chi connectivity index (χ1) is 8.73. The average Bonchev–Trinajstić information content (AvgIpc) is 2.27. The fraction of sp³-hybridized carbons (Fsp3) is 0.533. The van der Waals surface area contributed by atoms with Crippen molar-refractivity contribution in [1.29, 1.82) is 0 Å². The number of rotatable bonds is 5. The van der Waals surface area contributed by atoms with Crippen molar-refractivity contribution in [3.05, 3.63) is 29.3 Å². The van der Waals surface area contributed by atoms with E-state index in [9.17, 15) is 4.79 Å². The van der Waals surface area contributed by atoms with Crippen molar-refractivity contribution in [2.24, 2.45) is 11.1 Å². The number of aliphatic carboxylic acids is 1. The largest absolute Gasteiger partial charge is 0.496 e. The molecule has 0 saturated carbocycles. The van der Waals surface area contributed by atoms with Gasteiger partial charge in [0.1, 0.15) is 11.8 Å². The number of nitrogens with two attached hydrogens (primary N) is 1. The molecule has 106 valence electrons. The number of carbonyl (C=O) groups is 1. The summed E-state index contributed by atoms with van der Waals surface area (Å²) in [4.78, 5) is 10.9. The molecule has 0 aliphatic carbocycles. The zero-order chi connectivity index (χ0) is 14.6. The van der Waals surface area contributed by atoms with E-state index in [-0.39, 0.29) is 11.8 Å². The highest BCUT2D eigenvalue weighted by atomic mass is 16.5. The summed E-state index contributed by atoms with van der Waals surface area (Å²) in [5.74, 6) is -0.308. The lowest BCUT2D eigenvalue weighted by molar-refractivity contribution is -0.138. The third-order valence-corrected chi connectivity index (χ3v) is 2.84. The molecule has 0 spiro atoms. The van der Waals surface area contributed by atoms with Gasteiger partial charge < -0.3 is 15.6 Å². The van der Waals surface area contributed by atoms with Crippen LogP contribution >= 0.6 is 0 Å². The van der Waals surface area contributed by atoms with E-state index in [2.05, 4.69) is 20.8 Å².